The van der Waals surface area contributed by atoms with Crippen molar-refractivity contribution in [1.82, 2.24) is 5.32 Å². The van der Waals surface area contributed by atoms with Crippen molar-refractivity contribution in [3.05, 3.63) is 52.5 Å². The van der Waals surface area contributed by atoms with Gasteiger partial charge in [0.1, 0.15) is 5.82 Å². The van der Waals surface area contributed by atoms with Crippen LogP contribution in [0.5, 0.6) is 0 Å². The van der Waals surface area contributed by atoms with Gasteiger partial charge < -0.3 is 5.32 Å². The molecule has 0 fully saturated rings. The molecule has 18 heavy (non-hydrogen) atoms. The van der Waals surface area contributed by atoms with Crippen LogP contribution in [0.25, 0.3) is 0 Å². The highest BCUT2D eigenvalue weighted by molar-refractivity contribution is 7.99. The van der Waals surface area contributed by atoms with Crippen molar-refractivity contribution in [3.8, 4) is 0 Å². The average molecular weight is 281 g/mol. The maximum Gasteiger partial charge on any atom is 0.123 e. The summed E-state index contributed by atoms with van der Waals surface area (Å²) >= 11 is 3.49. The molecular formula is C14H16FNS2. The normalized spacial score (nSPS) is 12.6. The molecule has 1 nitrogen and oxygen atoms in total. The first kappa shape index (κ1) is 13.6. The maximum atomic E-state index is 12.8. The van der Waals surface area contributed by atoms with Crippen LogP contribution < -0.4 is 5.32 Å². The number of halogens is 1. The Hall–Kier alpha value is -0.840. The molecule has 2 rings (SSSR count). The zero-order chi connectivity index (χ0) is 12.8. The van der Waals surface area contributed by atoms with Gasteiger partial charge in [0.2, 0.25) is 0 Å². The van der Waals surface area contributed by atoms with Crippen LogP contribution in [0.15, 0.2) is 46.0 Å². The number of thiophene rings is 1. The van der Waals surface area contributed by atoms with E-state index in [0.717, 1.165) is 17.1 Å². The first-order valence-corrected chi connectivity index (χ1v) is 7.77. The molecule has 1 N–H and O–H groups in total. The minimum atomic E-state index is -0.178. The lowest BCUT2D eigenvalue weighted by Crippen LogP contribution is -2.29. The third kappa shape index (κ3) is 4.12. The molecule has 1 heterocycles. The molecule has 0 bridgehead atoms. The Kier molecular flexibility index (Phi) is 5.23. The molecule has 1 aromatic heterocycles. The molecule has 96 valence electrons. The summed E-state index contributed by atoms with van der Waals surface area (Å²) in [5.74, 6) is 0.806. The fraction of sp³-hybridized carbons (Fsp3) is 0.286. The van der Waals surface area contributed by atoms with Gasteiger partial charge in [0, 0.05) is 16.7 Å². The average Bonchev–Trinajstić information content (AvgIpc) is 2.89. The Morgan fingerprint density at radius 2 is 2.06 bits per heavy atom. The van der Waals surface area contributed by atoms with Gasteiger partial charge >= 0.3 is 0 Å². The number of benzene rings is 1. The van der Waals surface area contributed by atoms with Crippen molar-refractivity contribution in [2.45, 2.75) is 17.4 Å². The molecule has 0 aliphatic carbocycles. The number of hydrogen-bond acceptors (Lipinski definition) is 3. The molecule has 0 amide bonds. The minimum absolute atomic E-state index is 0.178. The zero-order valence-electron chi connectivity index (χ0n) is 10.2. The van der Waals surface area contributed by atoms with Gasteiger partial charge in [-0.3, -0.25) is 0 Å². The van der Waals surface area contributed by atoms with E-state index in [4.69, 9.17) is 0 Å². The Morgan fingerprint density at radius 1 is 1.28 bits per heavy atom. The number of thioether (sulfide) groups is 1. The summed E-state index contributed by atoms with van der Waals surface area (Å²) in [5.41, 5.74) is 1.37. The maximum absolute atomic E-state index is 12.8. The van der Waals surface area contributed by atoms with Crippen LogP contribution in [0.1, 0.15) is 5.56 Å². The molecule has 0 aliphatic rings. The quantitative estimate of drug-likeness (QED) is 0.808. The number of likely N-dealkylation sites (N-methyl/N-ethyl adjacent to an activating group) is 1. The topological polar surface area (TPSA) is 12.0 Å². The van der Waals surface area contributed by atoms with Crippen LogP contribution in [-0.2, 0) is 6.42 Å². The van der Waals surface area contributed by atoms with E-state index >= 15 is 0 Å². The van der Waals surface area contributed by atoms with Crippen molar-refractivity contribution in [2.75, 3.05) is 12.8 Å². The second-order valence-corrected chi connectivity index (χ2v) is 5.96. The van der Waals surface area contributed by atoms with Gasteiger partial charge in [-0.05, 0) is 60.1 Å². The third-order valence-electron chi connectivity index (χ3n) is 2.74. The molecule has 0 radical (unpaired) electrons. The summed E-state index contributed by atoms with van der Waals surface area (Å²) < 4.78 is 12.8. The molecule has 1 aromatic carbocycles. The van der Waals surface area contributed by atoms with Crippen LogP contribution >= 0.6 is 23.1 Å². The van der Waals surface area contributed by atoms with Crippen LogP contribution in [0.4, 0.5) is 4.39 Å². The van der Waals surface area contributed by atoms with Gasteiger partial charge in [0.15, 0.2) is 0 Å². The predicted molar refractivity (Wildman–Crippen MR) is 78.0 cm³/mol. The van der Waals surface area contributed by atoms with Crippen molar-refractivity contribution in [3.63, 3.8) is 0 Å². The highest BCUT2D eigenvalue weighted by Gasteiger charge is 2.08. The van der Waals surface area contributed by atoms with Crippen LogP contribution in [0.3, 0.4) is 0 Å². The monoisotopic (exact) mass is 281 g/mol. The fourth-order valence-electron chi connectivity index (χ4n) is 1.67. The van der Waals surface area contributed by atoms with Crippen molar-refractivity contribution < 1.29 is 4.39 Å². The largest absolute Gasteiger partial charge is 0.316 e. The highest BCUT2D eigenvalue weighted by Crippen LogP contribution is 2.20. The smallest absolute Gasteiger partial charge is 0.123 e. The lowest BCUT2D eigenvalue weighted by Gasteiger charge is -2.15. The second kappa shape index (κ2) is 6.92. The minimum Gasteiger partial charge on any atom is -0.316 e. The van der Waals surface area contributed by atoms with E-state index in [0.29, 0.717) is 6.04 Å². The van der Waals surface area contributed by atoms with Gasteiger partial charge in [-0.25, -0.2) is 4.39 Å². The molecule has 1 atom stereocenters. The van der Waals surface area contributed by atoms with Crippen molar-refractivity contribution in [1.29, 1.82) is 0 Å². The summed E-state index contributed by atoms with van der Waals surface area (Å²) in [6.45, 7) is 0. The molecule has 0 saturated carbocycles. The SMILES string of the molecule is CNC(CSc1ccc(F)cc1)Cc1ccsc1. The van der Waals surface area contributed by atoms with E-state index < -0.39 is 0 Å². The van der Waals surface area contributed by atoms with Crippen molar-refractivity contribution in [2.24, 2.45) is 0 Å². The molecule has 4 heteroatoms. The zero-order valence-corrected chi connectivity index (χ0v) is 11.9. The number of rotatable bonds is 6. The first-order chi connectivity index (χ1) is 8.78. The second-order valence-electron chi connectivity index (χ2n) is 4.09. The Bertz CT molecular complexity index is 453. The van der Waals surface area contributed by atoms with Gasteiger partial charge in [-0.2, -0.15) is 11.3 Å². The lowest BCUT2D eigenvalue weighted by molar-refractivity contribution is 0.617. The van der Waals surface area contributed by atoms with Crippen LogP contribution in [0, 0.1) is 5.82 Å². The van der Waals surface area contributed by atoms with Gasteiger partial charge in [-0.15, -0.1) is 11.8 Å². The summed E-state index contributed by atoms with van der Waals surface area (Å²) in [4.78, 5) is 1.11. The van der Waals surface area contributed by atoms with Gasteiger partial charge in [0.05, 0.1) is 0 Å². The van der Waals surface area contributed by atoms with Crippen LogP contribution in [-0.4, -0.2) is 18.8 Å². The highest BCUT2D eigenvalue weighted by atomic mass is 32.2. The van der Waals surface area contributed by atoms with E-state index in [2.05, 4.69) is 22.1 Å². The van der Waals surface area contributed by atoms with Gasteiger partial charge in [0.25, 0.3) is 0 Å². The molecule has 0 aliphatic heterocycles. The first-order valence-electron chi connectivity index (χ1n) is 5.84. The standard InChI is InChI=1S/C14H16FNS2/c1-16-13(8-11-6-7-17-9-11)10-18-14-4-2-12(15)3-5-14/h2-7,9,13,16H,8,10H2,1H3. The van der Waals surface area contributed by atoms with E-state index in [1.54, 1.807) is 23.1 Å². The Balaban J connectivity index is 1.85. The van der Waals surface area contributed by atoms with E-state index in [-0.39, 0.29) is 5.82 Å². The van der Waals surface area contributed by atoms with E-state index in [1.165, 1.54) is 17.7 Å². The number of hydrogen-bond donors (Lipinski definition) is 1. The fourth-order valence-corrected chi connectivity index (χ4v) is 3.35. The van der Waals surface area contributed by atoms with E-state index in [1.807, 2.05) is 19.2 Å². The van der Waals surface area contributed by atoms with Crippen LogP contribution in [0.2, 0.25) is 0 Å². The Labute approximate surface area is 115 Å². The predicted octanol–water partition coefficient (Wildman–Crippen LogP) is 3.81. The number of nitrogens with one attached hydrogen (secondary N) is 1. The molecular weight excluding hydrogens is 265 g/mol. The third-order valence-corrected chi connectivity index (χ3v) is 4.64. The summed E-state index contributed by atoms with van der Waals surface area (Å²) in [7, 11) is 1.99. The van der Waals surface area contributed by atoms with Crippen molar-refractivity contribution >= 4 is 23.1 Å². The summed E-state index contributed by atoms with van der Waals surface area (Å²) in [6.07, 6.45) is 1.04. The molecule has 0 spiro atoms. The Morgan fingerprint density at radius 3 is 2.67 bits per heavy atom. The lowest BCUT2D eigenvalue weighted by atomic mass is 10.1. The summed E-state index contributed by atoms with van der Waals surface area (Å²) in [5, 5.41) is 7.63. The molecule has 2 aromatic rings. The molecule has 0 saturated heterocycles. The van der Waals surface area contributed by atoms with E-state index in [9.17, 15) is 4.39 Å². The molecule has 1 unspecified atom stereocenters. The van der Waals surface area contributed by atoms with Gasteiger partial charge in [-0.1, -0.05) is 0 Å². The summed E-state index contributed by atoms with van der Waals surface area (Å²) in [6, 6.07) is 9.28.